The van der Waals surface area contributed by atoms with Crippen LogP contribution in [0.3, 0.4) is 0 Å². The fourth-order valence-corrected chi connectivity index (χ4v) is 1.85. The summed E-state index contributed by atoms with van der Waals surface area (Å²) in [6.45, 7) is 3.64. The van der Waals surface area contributed by atoms with Crippen molar-refractivity contribution in [2.75, 3.05) is 32.5 Å². The Balaban J connectivity index is 2.05. The molecule has 1 aromatic heterocycles. The van der Waals surface area contributed by atoms with E-state index in [9.17, 15) is 4.79 Å². The number of carbonyl (C=O) groups is 1. The van der Waals surface area contributed by atoms with Crippen LogP contribution in [0, 0.1) is 0 Å². The number of carbonyl (C=O) groups excluding carboxylic acids is 1. The monoisotopic (exact) mass is 288 g/mol. The number of hydrogen-bond donors (Lipinski definition) is 1. The van der Waals surface area contributed by atoms with Crippen molar-refractivity contribution in [1.82, 2.24) is 14.7 Å². The lowest BCUT2D eigenvalue weighted by Gasteiger charge is -2.15. The molecule has 21 heavy (non-hydrogen) atoms. The van der Waals surface area contributed by atoms with E-state index in [0.29, 0.717) is 31.1 Å². The van der Waals surface area contributed by atoms with Crippen molar-refractivity contribution in [1.29, 1.82) is 0 Å². The molecule has 0 aliphatic heterocycles. The third-order valence-electron chi connectivity index (χ3n) is 3.09. The van der Waals surface area contributed by atoms with Gasteiger partial charge in [0.05, 0.1) is 12.3 Å². The van der Waals surface area contributed by atoms with Gasteiger partial charge >= 0.3 is 0 Å². The minimum atomic E-state index is -0.121. The van der Waals surface area contributed by atoms with Gasteiger partial charge < -0.3 is 15.4 Å². The average Bonchev–Trinajstić information content (AvgIpc) is 2.97. The molecule has 0 aliphatic carbocycles. The highest BCUT2D eigenvalue weighted by atomic mass is 16.5. The molecule has 6 heteroatoms. The Labute approximate surface area is 124 Å². The average molecular weight is 288 g/mol. The molecule has 1 heterocycles. The number of nitrogens with two attached hydrogens (primary N) is 1. The lowest BCUT2D eigenvalue weighted by Crippen LogP contribution is -2.30. The van der Waals surface area contributed by atoms with Gasteiger partial charge in [-0.1, -0.05) is 0 Å². The minimum absolute atomic E-state index is 0.121. The van der Waals surface area contributed by atoms with E-state index in [0.717, 1.165) is 5.69 Å². The van der Waals surface area contributed by atoms with E-state index in [1.54, 1.807) is 41.0 Å². The summed E-state index contributed by atoms with van der Waals surface area (Å²) in [6.07, 6.45) is 1.76. The van der Waals surface area contributed by atoms with Crippen molar-refractivity contribution in [2.24, 2.45) is 0 Å². The maximum Gasteiger partial charge on any atom is 0.274 e. The number of nitrogens with zero attached hydrogens (tertiary/aromatic N) is 3. The second-order valence-electron chi connectivity index (χ2n) is 4.66. The Bertz CT molecular complexity index is 592. The van der Waals surface area contributed by atoms with Crippen LogP contribution in [0.4, 0.5) is 5.69 Å². The highest BCUT2D eigenvalue weighted by Crippen LogP contribution is 2.11. The van der Waals surface area contributed by atoms with E-state index in [1.807, 2.05) is 19.1 Å². The van der Waals surface area contributed by atoms with E-state index < -0.39 is 0 Å². The van der Waals surface area contributed by atoms with Gasteiger partial charge in [0.15, 0.2) is 5.69 Å². The first-order chi connectivity index (χ1) is 10.1. The topological polar surface area (TPSA) is 73.4 Å². The number of rotatable bonds is 6. The molecule has 6 nitrogen and oxygen atoms in total. The van der Waals surface area contributed by atoms with Crippen molar-refractivity contribution in [3.8, 4) is 5.69 Å². The summed E-state index contributed by atoms with van der Waals surface area (Å²) in [7, 11) is 1.74. The van der Waals surface area contributed by atoms with Gasteiger partial charge in [-0.25, -0.2) is 4.68 Å². The Hall–Kier alpha value is -2.34. The number of benzene rings is 1. The van der Waals surface area contributed by atoms with Crippen molar-refractivity contribution < 1.29 is 9.53 Å². The zero-order valence-electron chi connectivity index (χ0n) is 12.3. The molecule has 1 aromatic carbocycles. The molecule has 0 atom stereocenters. The van der Waals surface area contributed by atoms with E-state index in [-0.39, 0.29) is 5.91 Å². The molecule has 0 saturated heterocycles. The summed E-state index contributed by atoms with van der Waals surface area (Å²) in [6, 6.07) is 9.01. The predicted octanol–water partition coefficient (Wildman–Crippen LogP) is 1.56. The first-order valence-electron chi connectivity index (χ1n) is 6.86. The first kappa shape index (κ1) is 15.1. The number of likely N-dealkylation sites (N-methyl/N-ethyl adjacent to an activating group) is 1. The largest absolute Gasteiger partial charge is 0.399 e. The maximum atomic E-state index is 12.2. The summed E-state index contributed by atoms with van der Waals surface area (Å²) in [4.78, 5) is 13.8. The highest BCUT2D eigenvalue weighted by molar-refractivity contribution is 5.92. The Morgan fingerprint density at radius 3 is 2.71 bits per heavy atom. The van der Waals surface area contributed by atoms with Gasteiger partial charge in [0.1, 0.15) is 0 Å². The van der Waals surface area contributed by atoms with Gasteiger partial charge in [-0.3, -0.25) is 4.79 Å². The van der Waals surface area contributed by atoms with Crippen LogP contribution < -0.4 is 5.73 Å². The molecule has 112 valence electrons. The Morgan fingerprint density at radius 1 is 1.33 bits per heavy atom. The summed E-state index contributed by atoms with van der Waals surface area (Å²) < 4.78 is 6.90. The summed E-state index contributed by atoms with van der Waals surface area (Å²) in [5, 5.41) is 4.30. The van der Waals surface area contributed by atoms with E-state index in [1.165, 1.54) is 0 Å². The van der Waals surface area contributed by atoms with E-state index in [4.69, 9.17) is 10.5 Å². The third-order valence-corrected chi connectivity index (χ3v) is 3.09. The van der Waals surface area contributed by atoms with Gasteiger partial charge in [-0.15, -0.1) is 0 Å². The predicted molar refractivity (Wildman–Crippen MR) is 81.4 cm³/mol. The smallest absolute Gasteiger partial charge is 0.274 e. The van der Waals surface area contributed by atoms with Crippen molar-refractivity contribution >= 4 is 11.6 Å². The molecule has 0 saturated carbocycles. The molecule has 0 spiro atoms. The van der Waals surface area contributed by atoms with Crippen molar-refractivity contribution in [2.45, 2.75) is 6.92 Å². The van der Waals surface area contributed by atoms with Crippen LogP contribution in [0.15, 0.2) is 36.5 Å². The molecular formula is C15H20N4O2. The Kier molecular flexibility index (Phi) is 4.94. The quantitative estimate of drug-likeness (QED) is 0.646. The number of nitrogen functional groups attached to an aromatic ring is 1. The van der Waals surface area contributed by atoms with Crippen LogP contribution in [-0.2, 0) is 4.74 Å². The van der Waals surface area contributed by atoms with Crippen LogP contribution >= 0.6 is 0 Å². The lowest BCUT2D eigenvalue weighted by atomic mass is 10.3. The summed E-state index contributed by atoms with van der Waals surface area (Å²) >= 11 is 0. The maximum absolute atomic E-state index is 12.2. The molecule has 1 amide bonds. The fraction of sp³-hybridized carbons (Fsp3) is 0.333. The number of hydrogen-bond acceptors (Lipinski definition) is 4. The minimum Gasteiger partial charge on any atom is -0.399 e. The number of aromatic nitrogens is 2. The second-order valence-corrected chi connectivity index (χ2v) is 4.66. The second kappa shape index (κ2) is 6.90. The summed E-state index contributed by atoms with van der Waals surface area (Å²) in [5.74, 6) is -0.121. The van der Waals surface area contributed by atoms with Crippen LogP contribution in [-0.4, -0.2) is 47.4 Å². The van der Waals surface area contributed by atoms with Gasteiger partial charge in [-0.2, -0.15) is 5.10 Å². The molecule has 0 fully saturated rings. The zero-order valence-corrected chi connectivity index (χ0v) is 12.3. The zero-order chi connectivity index (χ0) is 15.2. The number of anilines is 1. The van der Waals surface area contributed by atoms with Gasteiger partial charge in [0, 0.05) is 32.1 Å². The normalized spacial score (nSPS) is 10.6. The van der Waals surface area contributed by atoms with Gasteiger partial charge in [0.25, 0.3) is 5.91 Å². The number of ether oxygens (including phenoxy) is 1. The van der Waals surface area contributed by atoms with Crippen LogP contribution in [0.1, 0.15) is 17.4 Å². The van der Waals surface area contributed by atoms with Crippen molar-refractivity contribution in [3.63, 3.8) is 0 Å². The summed E-state index contributed by atoms with van der Waals surface area (Å²) in [5.41, 5.74) is 7.62. The third kappa shape index (κ3) is 3.82. The first-order valence-corrected chi connectivity index (χ1v) is 6.86. The molecular weight excluding hydrogens is 268 g/mol. The molecule has 0 aliphatic rings. The number of amides is 1. The standard InChI is InChI=1S/C15H20N4O2/c1-3-21-11-10-18(2)15(20)14-8-9-19(17-14)13-6-4-12(16)5-7-13/h4-9H,3,10-11,16H2,1-2H3. The van der Waals surface area contributed by atoms with Crippen LogP contribution in [0.2, 0.25) is 0 Å². The van der Waals surface area contributed by atoms with E-state index >= 15 is 0 Å². The van der Waals surface area contributed by atoms with Gasteiger partial charge in [-0.05, 0) is 37.3 Å². The van der Waals surface area contributed by atoms with Gasteiger partial charge in [0.2, 0.25) is 0 Å². The highest BCUT2D eigenvalue weighted by Gasteiger charge is 2.14. The SMILES string of the molecule is CCOCCN(C)C(=O)c1ccn(-c2ccc(N)cc2)n1. The van der Waals surface area contributed by atoms with E-state index in [2.05, 4.69) is 5.10 Å². The molecule has 0 bridgehead atoms. The van der Waals surface area contributed by atoms with Crippen LogP contribution in [0.25, 0.3) is 5.69 Å². The lowest BCUT2D eigenvalue weighted by molar-refractivity contribution is 0.0704. The molecule has 2 aromatic rings. The van der Waals surface area contributed by atoms with Crippen LogP contribution in [0.5, 0.6) is 0 Å². The molecule has 2 N–H and O–H groups in total. The molecule has 0 radical (unpaired) electrons. The molecule has 2 rings (SSSR count). The fourth-order valence-electron chi connectivity index (χ4n) is 1.85. The Morgan fingerprint density at radius 2 is 2.05 bits per heavy atom. The molecule has 0 unspecified atom stereocenters. The van der Waals surface area contributed by atoms with Crippen molar-refractivity contribution in [3.05, 3.63) is 42.2 Å².